The fourth-order valence-electron chi connectivity index (χ4n) is 2.65. The van der Waals surface area contributed by atoms with Gasteiger partial charge in [0.2, 0.25) is 5.89 Å². The first-order valence-electron chi connectivity index (χ1n) is 8.50. The van der Waals surface area contributed by atoms with Gasteiger partial charge in [0.1, 0.15) is 10.9 Å². The standard InChI is InChI=1S/C18H20N4OS/c1-3-6-15-20-17(23-22-15)11(2)24-18-13-7-4-5-8-14(13)19-16(21-18)12-9-10-12/h4-5,7-8,11-12H,3,6,9-10H2,1-2H3. The van der Waals surface area contributed by atoms with E-state index in [9.17, 15) is 0 Å². The number of aromatic nitrogens is 4. The first-order valence-corrected chi connectivity index (χ1v) is 9.38. The van der Waals surface area contributed by atoms with Crippen LogP contribution in [0.25, 0.3) is 10.9 Å². The maximum atomic E-state index is 5.43. The Morgan fingerprint density at radius 1 is 1.21 bits per heavy atom. The molecule has 0 spiro atoms. The van der Waals surface area contributed by atoms with Gasteiger partial charge in [0.05, 0.1) is 10.8 Å². The zero-order valence-electron chi connectivity index (χ0n) is 13.9. The number of para-hydroxylation sites is 1. The van der Waals surface area contributed by atoms with Crippen LogP contribution in [0.2, 0.25) is 0 Å². The molecule has 0 saturated heterocycles. The first-order chi connectivity index (χ1) is 11.7. The zero-order valence-corrected chi connectivity index (χ0v) is 14.7. The summed E-state index contributed by atoms with van der Waals surface area (Å²) in [6, 6.07) is 8.20. The highest BCUT2D eigenvalue weighted by molar-refractivity contribution is 7.99. The molecule has 6 heteroatoms. The summed E-state index contributed by atoms with van der Waals surface area (Å²) in [4.78, 5) is 14.1. The summed E-state index contributed by atoms with van der Waals surface area (Å²) in [5.41, 5.74) is 1.02. The maximum absolute atomic E-state index is 5.43. The van der Waals surface area contributed by atoms with Gasteiger partial charge in [-0.3, -0.25) is 0 Å². The van der Waals surface area contributed by atoms with E-state index in [0.717, 1.165) is 40.4 Å². The maximum Gasteiger partial charge on any atom is 0.239 e. The Balaban J connectivity index is 1.64. The molecule has 3 aromatic rings. The lowest BCUT2D eigenvalue weighted by Crippen LogP contribution is -1.98. The van der Waals surface area contributed by atoms with Crippen molar-refractivity contribution in [2.45, 2.75) is 55.7 Å². The molecule has 1 fully saturated rings. The minimum atomic E-state index is 0.0634. The van der Waals surface area contributed by atoms with Crippen LogP contribution in [0.1, 0.15) is 61.8 Å². The Bertz CT molecular complexity index is 859. The molecular weight excluding hydrogens is 320 g/mol. The van der Waals surface area contributed by atoms with Gasteiger partial charge in [0, 0.05) is 17.7 Å². The largest absolute Gasteiger partial charge is 0.338 e. The quantitative estimate of drug-likeness (QED) is 0.479. The highest BCUT2D eigenvalue weighted by Gasteiger charge is 2.28. The van der Waals surface area contributed by atoms with Crippen LogP contribution in [-0.2, 0) is 6.42 Å². The lowest BCUT2D eigenvalue weighted by Gasteiger charge is -2.10. The topological polar surface area (TPSA) is 64.7 Å². The van der Waals surface area contributed by atoms with Gasteiger partial charge in [-0.25, -0.2) is 9.97 Å². The second-order valence-electron chi connectivity index (χ2n) is 6.24. The summed E-state index contributed by atoms with van der Waals surface area (Å²) in [5.74, 6) is 2.95. The van der Waals surface area contributed by atoms with Crippen molar-refractivity contribution >= 4 is 22.7 Å². The molecule has 1 unspecified atom stereocenters. The third-order valence-corrected chi connectivity index (χ3v) is 5.21. The van der Waals surface area contributed by atoms with Crippen molar-refractivity contribution in [1.82, 2.24) is 20.1 Å². The lowest BCUT2D eigenvalue weighted by molar-refractivity contribution is 0.374. The van der Waals surface area contributed by atoms with Crippen molar-refractivity contribution in [2.75, 3.05) is 0 Å². The van der Waals surface area contributed by atoms with E-state index in [0.29, 0.717) is 11.8 Å². The molecule has 4 rings (SSSR count). The van der Waals surface area contributed by atoms with Crippen LogP contribution in [-0.4, -0.2) is 20.1 Å². The van der Waals surface area contributed by atoms with Gasteiger partial charge >= 0.3 is 0 Å². The predicted molar refractivity (Wildman–Crippen MR) is 94.1 cm³/mol. The molecule has 1 saturated carbocycles. The number of benzene rings is 1. The van der Waals surface area contributed by atoms with E-state index >= 15 is 0 Å². The normalized spacial score (nSPS) is 15.8. The van der Waals surface area contributed by atoms with Crippen LogP contribution in [0.5, 0.6) is 0 Å². The third kappa shape index (κ3) is 3.15. The molecule has 0 amide bonds. The highest BCUT2D eigenvalue weighted by Crippen LogP contribution is 2.42. The molecule has 1 aliphatic carbocycles. The van der Waals surface area contributed by atoms with Gasteiger partial charge in [-0.2, -0.15) is 4.98 Å². The Labute approximate surface area is 145 Å². The molecule has 1 atom stereocenters. The summed E-state index contributed by atoms with van der Waals surface area (Å²) in [7, 11) is 0. The van der Waals surface area contributed by atoms with Gasteiger partial charge in [0.15, 0.2) is 5.82 Å². The van der Waals surface area contributed by atoms with E-state index in [1.54, 1.807) is 11.8 Å². The molecular formula is C18H20N4OS. The molecule has 0 N–H and O–H groups in total. The molecule has 1 aliphatic rings. The Morgan fingerprint density at radius 2 is 2.04 bits per heavy atom. The number of fused-ring (bicyclic) bond motifs is 1. The van der Waals surface area contributed by atoms with E-state index < -0.39 is 0 Å². The summed E-state index contributed by atoms with van der Waals surface area (Å²) >= 11 is 1.67. The number of aryl methyl sites for hydroxylation is 1. The fourth-order valence-corrected chi connectivity index (χ4v) is 3.63. The van der Waals surface area contributed by atoms with E-state index in [1.165, 1.54) is 12.8 Å². The number of rotatable bonds is 6. The minimum absolute atomic E-state index is 0.0634. The summed E-state index contributed by atoms with van der Waals surface area (Å²) in [6.45, 7) is 4.20. The van der Waals surface area contributed by atoms with Gasteiger partial charge in [-0.15, -0.1) is 0 Å². The summed E-state index contributed by atoms with van der Waals surface area (Å²) < 4.78 is 5.43. The van der Waals surface area contributed by atoms with Crippen LogP contribution < -0.4 is 0 Å². The molecule has 1 aromatic carbocycles. The van der Waals surface area contributed by atoms with Crippen LogP contribution in [0, 0.1) is 0 Å². The minimum Gasteiger partial charge on any atom is -0.338 e. The van der Waals surface area contributed by atoms with Gasteiger partial charge in [-0.05, 0) is 32.3 Å². The molecule has 24 heavy (non-hydrogen) atoms. The lowest BCUT2D eigenvalue weighted by atomic mass is 10.2. The zero-order chi connectivity index (χ0) is 16.5. The van der Waals surface area contributed by atoms with Gasteiger partial charge < -0.3 is 4.52 Å². The van der Waals surface area contributed by atoms with Gasteiger partial charge in [0.25, 0.3) is 0 Å². The summed E-state index contributed by atoms with van der Waals surface area (Å²) in [5, 5.41) is 6.21. The summed E-state index contributed by atoms with van der Waals surface area (Å²) in [6.07, 6.45) is 4.26. The Kier molecular flexibility index (Phi) is 4.22. The van der Waals surface area contributed by atoms with E-state index in [4.69, 9.17) is 14.5 Å². The first kappa shape index (κ1) is 15.6. The molecule has 0 aliphatic heterocycles. The van der Waals surface area contributed by atoms with Crippen LogP contribution in [0.15, 0.2) is 33.8 Å². The monoisotopic (exact) mass is 340 g/mol. The van der Waals surface area contributed by atoms with Gasteiger partial charge in [-0.1, -0.05) is 42.0 Å². The second kappa shape index (κ2) is 6.51. The highest BCUT2D eigenvalue weighted by atomic mass is 32.2. The molecule has 124 valence electrons. The fraction of sp³-hybridized carbons (Fsp3) is 0.444. The Morgan fingerprint density at radius 3 is 2.83 bits per heavy atom. The smallest absolute Gasteiger partial charge is 0.239 e. The van der Waals surface area contributed by atoms with Crippen molar-refractivity contribution in [3.63, 3.8) is 0 Å². The third-order valence-electron chi connectivity index (χ3n) is 4.12. The van der Waals surface area contributed by atoms with Crippen molar-refractivity contribution in [3.05, 3.63) is 41.8 Å². The van der Waals surface area contributed by atoms with E-state index in [-0.39, 0.29) is 5.25 Å². The van der Waals surface area contributed by atoms with Crippen molar-refractivity contribution in [3.8, 4) is 0 Å². The van der Waals surface area contributed by atoms with Crippen LogP contribution in [0.4, 0.5) is 0 Å². The number of nitrogens with zero attached hydrogens (tertiary/aromatic N) is 4. The van der Waals surface area contributed by atoms with Crippen LogP contribution >= 0.6 is 11.8 Å². The molecule has 5 nitrogen and oxygen atoms in total. The number of thioether (sulfide) groups is 1. The molecule has 2 aromatic heterocycles. The number of hydrogen-bond acceptors (Lipinski definition) is 6. The SMILES string of the molecule is CCCc1noc(C(C)Sc2nc(C3CC3)nc3ccccc23)n1. The molecule has 2 heterocycles. The number of hydrogen-bond donors (Lipinski definition) is 0. The molecule has 0 radical (unpaired) electrons. The van der Waals surface area contributed by atoms with Crippen LogP contribution in [0.3, 0.4) is 0 Å². The average molecular weight is 340 g/mol. The van der Waals surface area contributed by atoms with Crippen molar-refractivity contribution in [1.29, 1.82) is 0 Å². The van der Waals surface area contributed by atoms with E-state index in [1.807, 2.05) is 12.1 Å². The van der Waals surface area contributed by atoms with Crippen molar-refractivity contribution < 1.29 is 4.52 Å². The molecule has 0 bridgehead atoms. The van der Waals surface area contributed by atoms with Crippen molar-refractivity contribution in [2.24, 2.45) is 0 Å². The second-order valence-corrected chi connectivity index (χ2v) is 7.57. The average Bonchev–Trinajstić information content (AvgIpc) is 3.34. The van der Waals surface area contributed by atoms with E-state index in [2.05, 4.69) is 36.1 Å². The predicted octanol–water partition coefficient (Wildman–Crippen LogP) is 4.70. The Hall–Kier alpha value is -1.95.